The summed E-state index contributed by atoms with van der Waals surface area (Å²) in [6, 6.07) is 3.40. The molecule has 0 saturated heterocycles. The Balaban J connectivity index is 2.68. The summed E-state index contributed by atoms with van der Waals surface area (Å²) in [4.78, 5) is 11.3. The van der Waals surface area contributed by atoms with Crippen LogP contribution in [0.5, 0.6) is 5.75 Å². The molecule has 0 fully saturated rings. The number of hydrogen-bond acceptors (Lipinski definition) is 3. The summed E-state index contributed by atoms with van der Waals surface area (Å²) in [5, 5.41) is 3.69. The van der Waals surface area contributed by atoms with Gasteiger partial charge in [-0.3, -0.25) is 4.79 Å². The number of nitrogens with two attached hydrogens (primary N) is 1. The molecule has 0 bridgehead atoms. The lowest BCUT2D eigenvalue weighted by Crippen LogP contribution is -2.24. The largest absolute Gasteiger partial charge is 0.491 e. The number of ether oxygens (including phenoxy) is 1. The smallest absolute Gasteiger partial charge is 0.223 e. The highest BCUT2D eigenvalue weighted by Gasteiger charge is 2.11. The maximum atomic E-state index is 11.3. The fourth-order valence-corrected chi connectivity index (χ4v) is 2.24. The Morgan fingerprint density at radius 2 is 2.16 bits per heavy atom. The van der Waals surface area contributed by atoms with Gasteiger partial charge in [-0.15, -0.1) is 0 Å². The summed E-state index contributed by atoms with van der Waals surface area (Å²) >= 11 is 12.0. The molecular formula is C13H18Cl2N2O2. The highest BCUT2D eigenvalue weighted by atomic mass is 35.5. The van der Waals surface area contributed by atoms with Crippen LogP contribution < -0.4 is 15.8 Å². The first-order chi connectivity index (χ1) is 9.08. The van der Waals surface area contributed by atoms with E-state index in [-0.39, 0.29) is 18.9 Å². The van der Waals surface area contributed by atoms with E-state index in [4.69, 9.17) is 33.7 Å². The van der Waals surface area contributed by atoms with Crippen molar-refractivity contribution in [1.29, 1.82) is 0 Å². The van der Waals surface area contributed by atoms with E-state index in [0.29, 0.717) is 35.3 Å². The first-order valence-corrected chi connectivity index (χ1v) is 6.91. The van der Waals surface area contributed by atoms with Crippen LogP contribution in [0.2, 0.25) is 10.0 Å². The molecule has 0 atom stereocenters. The zero-order valence-electron chi connectivity index (χ0n) is 10.8. The van der Waals surface area contributed by atoms with Crippen molar-refractivity contribution in [3.63, 3.8) is 0 Å². The summed E-state index contributed by atoms with van der Waals surface area (Å²) in [5.74, 6) is 0.508. The molecule has 0 aliphatic rings. The van der Waals surface area contributed by atoms with Crippen LogP contribution in [0.1, 0.15) is 18.9 Å². The zero-order valence-corrected chi connectivity index (χ0v) is 12.4. The molecular weight excluding hydrogens is 287 g/mol. The molecule has 0 aromatic heterocycles. The second-order valence-corrected chi connectivity index (χ2v) is 4.81. The number of carbonyl (C=O) groups excluding carboxylic acids is 1. The predicted octanol–water partition coefficient (Wildman–Crippen LogP) is 2.40. The van der Waals surface area contributed by atoms with E-state index in [9.17, 15) is 4.79 Å². The number of nitrogens with one attached hydrogen (secondary N) is 1. The Morgan fingerprint density at radius 1 is 1.42 bits per heavy atom. The van der Waals surface area contributed by atoms with Crippen LogP contribution in [0.4, 0.5) is 0 Å². The van der Waals surface area contributed by atoms with Crippen molar-refractivity contribution < 1.29 is 9.53 Å². The lowest BCUT2D eigenvalue weighted by atomic mass is 10.1. The van der Waals surface area contributed by atoms with Crippen molar-refractivity contribution in [1.82, 2.24) is 5.32 Å². The number of benzene rings is 1. The first-order valence-electron chi connectivity index (χ1n) is 6.16. The van der Waals surface area contributed by atoms with Crippen LogP contribution >= 0.6 is 23.2 Å². The number of amides is 1. The van der Waals surface area contributed by atoms with Crippen LogP contribution in [0.3, 0.4) is 0 Å². The highest BCUT2D eigenvalue weighted by molar-refractivity contribution is 6.35. The van der Waals surface area contributed by atoms with E-state index in [1.54, 1.807) is 12.1 Å². The monoisotopic (exact) mass is 304 g/mol. The predicted molar refractivity (Wildman–Crippen MR) is 78.0 cm³/mol. The topological polar surface area (TPSA) is 64.3 Å². The molecule has 1 rings (SSSR count). The van der Waals surface area contributed by atoms with E-state index in [1.807, 2.05) is 6.92 Å². The van der Waals surface area contributed by atoms with Crippen molar-refractivity contribution in [2.75, 3.05) is 19.7 Å². The van der Waals surface area contributed by atoms with E-state index < -0.39 is 0 Å². The molecule has 1 amide bonds. The molecule has 4 nitrogen and oxygen atoms in total. The van der Waals surface area contributed by atoms with E-state index in [0.717, 1.165) is 5.56 Å². The fraction of sp³-hybridized carbons (Fsp3) is 0.462. The minimum absolute atomic E-state index is 0.0482. The summed E-state index contributed by atoms with van der Waals surface area (Å²) in [7, 11) is 0. The Labute approximate surface area is 123 Å². The SMILES string of the molecule is CCNC(=O)CCOc1c(Cl)cc(Cl)cc1CCN. The molecule has 19 heavy (non-hydrogen) atoms. The van der Waals surface area contributed by atoms with Gasteiger partial charge in [0.1, 0.15) is 5.75 Å². The third kappa shape index (κ3) is 5.27. The van der Waals surface area contributed by atoms with Gasteiger partial charge < -0.3 is 15.8 Å². The van der Waals surface area contributed by atoms with Gasteiger partial charge in [-0.05, 0) is 37.6 Å². The van der Waals surface area contributed by atoms with Gasteiger partial charge in [0.05, 0.1) is 18.1 Å². The van der Waals surface area contributed by atoms with Crippen LogP contribution in [0, 0.1) is 0 Å². The van der Waals surface area contributed by atoms with Gasteiger partial charge in [0.25, 0.3) is 0 Å². The average molecular weight is 305 g/mol. The molecule has 0 unspecified atom stereocenters. The van der Waals surface area contributed by atoms with Crippen molar-refractivity contribution in [3.05, 3.63) is 27.7 Å². The summed E-state index contributed by atoms with van der Waals surface area (Å²) < 4.78 is 5.59. The lowest BCUT2D eigenvalue weighted by molar-refractivity contribution is -0.121. The molecule has 0 saturated carbocycles. The van der Waals surface area contributed by atoms with E-state index in [1.165, 1.54) is 0 Å². The minimum atomic E-state index is -0.0482. The molecule has 0 spiro atoms. The van der Waals surface area contributed by atoms with Gasteiger partial charge in [-0.1, -0.05) is 23.2 Å². The number of rotatable bonds is 7. The van der Waals surface area contributed by atoms with Gasteiger partial charge in [0.2, 0.25) is 5.91 Å². The van der Waals surface area contributed by atoms with Crippen LogP contribution in [0.25, 0.3) is 0 Å². The average Bonchev–Trinajstić information content (AvgIpc) is 2.33. The second-order valence-electron chi connectivity index (χ2n) is 3.97. The van der Waals surface area contributed by atoms with Crippen molar-refractivity contribution in [2.45, 2.75) is 19.8 Å². The van der Waals surface area contributed by atoms with Gasteiger partial charge in [0, 0.05) is 11.6 Å². The lowest BCUT2D eigenvalue weighted by Gasteiger charge is -2.13. The quantitative estimate of drug-likeness (QED) is 0.813. The van der Waals surface area contributed by atoms with Gasteiger partial charge in [-0.2, -0.15) is 0 Å². The minimum Gasteiger partial charge on any atom is -0.491 e. The van der Waals surface area contributed by atoms with Crippen LogP contribution in [-0.4, -0.2) is 25.6 Å². The highest BCUT2D eigenvalue weighted by Crippen LogP contribution is 2.32. The molecule has 6 heteroatoms. The molecule has 0 aliphatic carbocycles. The van der Waals surface area contributed by atoms with Crippen LogP contribution in [-0.2, 0) is 11.2 Å². The Hall–Kier alpha value is -0.970. The number of halogens is 2. The molecule has 1 aromatic rings. The maximum Gasteiger partial charge on any atom is 0.223 e. The zero-order chi connectivity index (χ0) is 14.3. The Bertz CT molecular complexity index is 439. The number of carbonyl (C=O) groups is 1. The fourth-order valence-electron chi connectivity index (χ4n) is 1.65. The standard InChI is InChI=1S/C13H18Cl2N2O2/c1-2-17-12(18)4-6-19-13-9(3-5-16)7-10(14)8-11(13)15/h7-8H,2-6,16H2,1H3,(H,17,18). The first kappa shape index (κ1) is 16.1. The summed E-state index contributed by atoms with van der Waals surface area (Å²) in [5.41, 5.74) is 6.40. The summed E-state index contributed by atoms with van der Waals surface area (Å²) in [6.07, 6.45) is 0.908. The Kier molecular flexibility index (Phi) is 6.99. The third-order valence-electron chi connectivity index (χ3n) is 2.45. The molecule has 1 aromatic carbocycles. The van der Waals surface area contributed by atoms with Crippen molar-refractivity contribution in [3.8, 4) is 5.75 Å². The summed E-state index contributed by atoms with van der Waals surface area (Å²) in [6.45, 7) is 3.22. The molecule has 0 heterocycles. The van der Waals surface area contributed by atoms with E-state index in [2.05, 4.69) is 5.32 Å². The van der Waals surface area contributed by atoms with Crippen molar-refractivity contribution in [2.24, 2.45) is 5.73 Å². The molecule has 0 radical (unpaired) electrons. The normalized spacial score (nSPS) is 10.3. The molecule has 3 N–H and O–H groups in total. The number of hydrogen-bond donors (Lipinski definition) is 2. The van der Waals surface area contributed by atoms with Crippen LogP contribution in [0.15, 0.2) is 12.1 Å². The molecule has 106 valence electrons. The third-order valence-corrected chi connectivity index (χ3v) is 2.95. The van der Waals surface area contributed by atoms with Gasteiger partial charge in [0.15, 0.2) is 0 Å². The maximum absolute atomic E-state index is 11.3. The van der Waals surface area contributed by atoms with Gasteiger partial charge >= 0.3 is 0 Å². The van der Waals surface area contributed by atoms with Crippen molar-refractivity contribution >= 4 is 29.1 Å². The Morgan fingerprint density at radius 3 is 2.79 bits per heavy atom. The second kappa shape index (κ2) is 8.25. The molecule has 0 aliphatic heterocycles. The van der Waals surface area contributed by atoms with E-state index >= 15 is 0 Å². The van der Waals surface area contributed by atoms with Gasteiger partial charge in [-0.25, -0.2) is 0 Å².